The van der Waals surface area contributed by atoms with E-state index in [0.29, 0.717) is 13.1 Å². The van der Waals surface area contributed by atoms with Crippen LogP contribution in [0.2, 0.25) is 0 Å². The van der Waals surface area contributed by atoms with Crippen LogP contribution in [0.1, 0.15) is 36.0 Å². The summed E-state index contributed by atoms with van der Waals surface area (Å²) in [6, 6.07) is 2.01. The number of ether oxygens (including phenoxy) is 1. The molecule has 1 unspecified atom stereocenters. The van der Waals surface area contributed by atoms with Gasteiger partial charge in [-0.25, -0.2) is 0 Å². The number of rotatable bonds is 3. The van der Waals surface area contributed by atoms with E-state index in [4.69, 9.17) is 4.74 Å². The monoisotopic (exact) mass is 283 g/mol. The van der Waals surface area contributed by atoms with Crippen molar-refractivity contribution in [3.05, 3.63) is 21.9 Å². The molecule has 0 spiro atoms. The Labute approximate surface area is 118 Å². The molecule has 1 aromatic rings. The molecule has 1 aromatic heterocycles. The topological polar surface area (TPSA) is 49.8 Å². The van der Waals surface area contributed by atoms with Gasteiger partial charge in [0.15, 0.2) is 0 Å². The van der Waals surface area contributed by atoms with E-state index in [-0.39, 0.29) is 18.6 Å². The van der Waals surface area contributed by atoms with Crippen LogP contribution in [0.3, 0.4) is 0 Å². The third-order valence-corrected chi connectivity index (χ3v) is 4.24. The number of amides is 1. The van der Waals surface area contributed by atoms with E-state index in [9.17, 15) is 9.90 Å². The summed E-state index contributed by atoms with van der Waals surface area (Å²) in [5.41, 5.74) is 0.685. The first-order valence-electron chi connectivity index (χ1n) is 6.61. The predicted molar refractivity (Wildman–Crippen MR) is 75.6 cm³/mol. The van der Waals surface area contributed by atoms with E-state index in [2.05, 4.69) is 6.92 Å². The quantitative estimate of drug-likeness (QED) is 0.922. The smallest absolute Gasteiger partial charge is 0.264 e. The summed E-state index contributed by atoms with van der Waals surface area (Å²) in [6.45, 7) is 6.91. The highest BCUT2D eigenvalue weighted by atomic mass is 32.1. The van der Waals surface area contributed by atoms with Crippen molar-refractivity contribution >= 4 is 17.2 Å². The maximum absolute atomic E-state index is 12.6. The molecule has 1 amide bonds. The van der Waals surface area contributed by atoms with Crippen LogP contribution in [0.5, 0.6) is 0 Å². The Morgan fingerprint density at radius 3 is 3.00 bits per heavy atom. The molecule has 4 nitrogen and oxygen atoms in total. The number of aliphatic hydroxyl groups is 1. The highest BCUT2D eigenvalue weighted by Gasteiger charge is 2.36. The van der Waals surface area contributed by atoms with Gasteiger partial charge in [-0.2, -0.15) is 0 Å². The van der Waals surface area contributed by atoms with Crippen molar-refractivity contribution in [2.75, 3.05) is 19.7 Å². The van der Waals surface area contributed by atoms with Crippen LogP contribution in [0.15, 0.2) is 11.4 Å². The number of aryl methyl sites for hydroxylation is 1. The van der Waals surface area contributed by atoms with Gasteiger partial charge in [-0.1, -0.05) is 6.92 Å². The molecule has 2 rings (SSSR count). The van der Waals surface area contributed by atoms with E-state index in [1.807, 2.05) is 25.3 Å². The minimum absolute atomic E-state index is 0.0571. The van der Waals surface area contributed by atoms with Crippen molar-refractivity contribution in [1.29, 1.82) is 0 Å². The first-order valence-corrected chi connectivity index (χ1v) is 7.49. The third-order valence-electron chi connectivity index (χ3n) is 3.29. The zero-order valence-corrected chi connectivity index (χ0v) is 12.5. The Kier molecular flexibility index (Phi) is 4.28. The van der Waals surface area contributed by atoms with E-state index in [1.165, 1.54) is 11.3 Å². The number of carbonyl (C=O) groups is 1. The summed E-state index contributed by atoms with van der Waals surface area (Å²) >= 11 is 1.49. The molecule has 5 heteroatoms. The molecule has 0 bridgehead atoms. The van der Waals surface area contributed by atoms with Crippen molar-refractivity contribution in [2.24, 2.45) is 0 Å². The molecule has 1 atom stereocenters. The highest BCUT2D eigenvalue weighted by molar-refractivity contribution is 7.12. The number of morpholine rings is 1. The fraction of sp³-hybridized carbons (Fsp3) is 0.643. The predicted octanol–water partition coefficient (Wildman–Crippen LogP) is 1.92. The van der Waals surface area contributed by atoms with Crippen molar-refractivity contribution in [2.45, 2.75) is 38.9 Å². The van der Waals surface area contributed by atoms with Gasteiger partial charge in [0.25, 0.3) is 5.91 Å². The van der Waals surface area contributed by atoms with E-state index in [1.54, 1.807) is 4.90 Å². The van der Waals surface area contributed by atoms with E-state index >= 15 is 0 Å². The molecular weight excluding hydrogens is 262 g/mol. The minimum Gasteiger partial charge on any atom is -0.394 e. The lowest BCUT2D eigenvalue weighted by Gasteiger charge is -2.42. The van der Waals surface area contributed by atoms with Gasteiger partial charge in [0.05, 0.1) is 23.2 Å². The van der Waals surface area contributed by atoms with Crippen molar-refractivity contribution in [3.8, 4) is 0 Å². The Bertz CT molecular complexity index is 455. The van der Waals surface area contributed by atoms with Gasteiger partial charge >= 0.3 is 0 Å². The highest BCUT2D eigenvalue weighted by Crippen LogP contribution is 2.25. The second kappa shape index (κ2) is 5.61. The molecule has 1 N–H and O–H groups in total. The largest absolute Gasteiger partial charge is 0.394 e. The third kappa shape index (κ3) is 3.16. The summed E-state index contributed by atoms with van der Waals surface area (Å²) < 4.78 is 5.74. The Balaban J connectivity index is 2.18. The zero-order chi connectivity index (χ0) is 14.0. The molecule has 0 radical (unpaired) electrons. The summed E-state index contributed by atoms with van der Waals surface area (Å²) in [7, 11) is 0. The van der Waals surface area contributed by atoms with Crippen LogP contribution in [0.25, 0.3) is 0 Å². The number of carbonyl (C=O) groups excluding carboxylic acids is 1. The number of nitrogens with zero attached hydrogens (tertiary/aromatic N) is 1. The van der Waals surface area contributed by atoms with Crippen LogP contribution < -0.4 is 0 Å². The normalized spacial score (nSPS) is 22.5. The molecule has 0 saturated carbocycles. The second-order valence-corrected chi connectivity index (χ2v) is 6.41. The second-order valence-electron chi connectivity index (χ2n) is 5.50. The summed E-state index contributed by atoms with van der Waals surface area (Å²) in [5.74, 6) is 0.0571. The molecule has 1 aliphatic heterocycles. The standard InChI is InChI=1S/C14H21NO3S/c1-4-10-5-6-19-12(10)13(17)15-7-11(8-16)18-14(2,3)9-15/h5-6,11,16H,4,7-9H2,1-3H3. The van der Waals surface area contributed by atoms with Gasteiger partial charge in [-0.05, 0) is 37.3 Å². The molecular formula is C14H21NO3S. The molecule has 1 aliphatic rings. The van der Waals surface area contributed by atoms with Crippen LogP contribution in [-0.2, 0) is 11.2 Å². The van der Waals surface area contributed by atoms with E-state index in [0.717, 1.165) is 16.9 Å². The van der Waals surface area contributed by atoms with Crippen LogP contribution in [-0.4, -0.2) is 47.3 Å². The van der Waals surface area contributed by atoms with Gasteiger partial charge in [-0.3, -0.25) is 4.79 Å². The van der Waals surface area contributed by atoms with Gasteiger partial charge < -0.3 is 14.7 Å². The number of hydrogen-bond acceptors (Lipinski definition) is 4. The average molecular weight is 283 g/mol. The molecule has 2 heterocycles. The molecule has 19 heavy (non-hydrogen) atoms. The summed E-state index contributed by atoms with van der Waals surface area (Å²) in [6.07, 6.45) is 0.569. The first kappa shape index (κ1) is 14.5. The number of hydrogen-bond donors (Lipinski definition) is 1. The van der Waals surface area contributed by atoms with Gasteiger partial charge in [0, 0.05) is 13.1 Å². The lowest BCUT2D eigenvalue weighted by Crippen LogP contribution is -2.55. The van der Waals surface area contributed by atoms with Crippen LogP contribution in [0.4, 0.5) is 0 Å². The fourth-order valence-electron chi connectivity index (χ4n) is 2.49. The lowest BCUT2D eigenvalue weighted by atomic mass is 10.0. The molecule has 1 saturated heterocycles. The average Bonchev–Trinajstić information content (AvgIpc) is 2.84. The molecule has 1 fully saturated rings. The maximum Gasteiger partial charge on any atom is 0.264 e. The van der Waals surface area contributed by atoms with E-state index < -0.39 is 5.60 Å². The minimum atomic E-state index is -0.412. The van der Waals surface area contributed by atoms with Crippen molar-refractivity contribution in [1.82, 2.24) is 4.90 Å². The SMILES string of the molecule is CCc1ccsc1C(=O)N1CC(CO)OC(C)(C)C1. The zero-order valence-electron chi connectivity index (χ0n) is 11.7. The Morgan fingerprint density at radius 2 is 2.37 bits per heavy atom. The molecule has 0 aromatic carbocycles. The molecule has 0 aliphatic carbocycles. The first-order chi connectivity index (χ1) is 8.96. The van der Waals surface area contributed by atoms with Crippen LogP contribution in [0, 0.1) is 0 Å². The summed E-state index contributed by atoms with van der Waals surface area (Å²) in [5, 5.41) is 11.3. The van der Waals surface area contributed by atoms with Gasteiger partial charge in [0.1, 0.15) is 0 Å². The number of thiophene rings is 1. The van der Waals surface area contributed by atoms with Gasteiger partial charge in [-0.15, -0.1) is 11.3 Å². The fourth-order valence-corrected chi connectivity index (χ4v) is 3.45. The Morgan fingerprint density at radius 1 is 1.63 bits per heavy atom. The lowest BCUT2D eigenvalue weighted by molar-refractivity contribution is -0.139. The summed E-state index contributed by atoms with van der Waals surface area (Å²) in [4.78, 5) is 15.2. The Hall–Kier alpha value is -0.910. The maximum atomic E-state index is 12.6. The number of aliphatic hydroxyl groups excluding tert-OH is 1. The molecule has 106 valence electrons. The van der Waals surface area contributed by atoms with Crippen LogP contribution >= 0.6 is 11.3 Å². The van der Waals surface area contributed by atoms with Crippen molar-refractivity contribution in [3.63, 3.8) is 0 Å². The van der Waals surface area contributed by atoms with Gasteiger partial charge in [0.2, 0.25) is 0 Å². The van der Waals surface area contributed by atoms with Crippen molar-refractivity contribution < 1.29 is 14.6 Å².